The molecule has 0 aromatic carbocycles. The Morgan fingerprint density at radius 1 is 1.50 bits per heavy atom. The number of thioether (sulfide) groups is 1. The molecule has 0 aliphatic heterocycles. The predicted molar refractivity (Wildman–Crippen MR) is 40.7 cm³/mol. The van der Waals surface area contributed by atoms with Gasteiger partial charge < -0.3 is 0 Å². The molecule has 0 nitrogen and oxygen atoms in total. The molecule has 1 fully saturated rings. The molecule has 0 amide bonds. The van der Waals surface area contributed by atoms with Crippen LogP contribution in [-0.2, 0) is 0 Å². The van der Waals surface area contributed by atoms with Gasteiger partial charge in [-0.1, -0.05) is 13.8 Å². The summed E-state index contributed by atoms with van der Waals surface area (Å²) >= 11 is 7.80. The van der Waals surface area contributed by atoms with E-state index in [9.17, 15) is 0 Å². The maximum atomic E-state index is 5.92. The van der Waals surface area contributed by atoms with Crippen molar-refractivity contribution in [1.29, 1.82) is 0 Å². The van der Waals surface area contributed by atoms with Crippen LogP contribution in [0, 0.1) is 5.41 Å². The number of rotatable bonds is 1. The number of hydrogen-bond donors (Lipinski definition) is 0. The molecule has 0 saturated heterocycles. The molecule has 2 atom stereocenters. The van der Waals surface area contributed by atoms with Crippen LogP contribution < -0.4 is 0 Å². The van der Waals surface area contributed by atoms with Crippen molar-refractivity contribution in [3.63, 3.8) is 0 Å². The lowest BCUT2D eigenvalue weighted by Crippen LogP contribution is -1.89. The van der Waals surface area contributed by atoms with Crippen LogP contribution in [0.2, 0.25) is 0 Å². The first-order valence-corrected chi connectivity index (χ1v) is 4.50. The Morgan fingerprint density at radius 2 is 1.88 bits per heavy atom. The SMILES string of the molecule is CSC1C(Cl)C1(C)C. The Labute approximate surface area is 60.0 Å². The summed E-state index contributed by atoms with van der Waals surface area (Å²) in [7, 11) is 0. The van der Waals surface area contributed by atoms with Crippen molar-refractivity contribution in [3.8, 4) is 0 Å². The fourth-order valence-electron chi connectivity index (χ4n) is 0.953. The van der Waals surface area contributed by atoms with E-state index in [2.05, 4.69) is 20.1 Å². The summed E-state index contributed by atoms with van der Waals surface area (Å²) in [6.45, 7) is 4.43. The van der Waals surface area contributed by atoms with Gasteiger partial charge in [0, 0.05) is 5.25 Å². The smallest absolute Gasteiger partial charge is 0.0522 e. The summed E-state index contributed by atoms with van der Waals surface area (Å²) in [6, 6.07) is 0. The van der Waals surface area contributed by atoms with Crippen LogP contribution in [0.4, 0.5) is 0 Å². The van der Waals surface area contributed by atoms with E-state index < -0.39 is 0 Å². The minimum absolute atomic E-state index is 0.404. The standard InChI is InChI=1S/C6H11ClS/c1-6(2)4(7)5(6)8-3/h4-5H,1-3H3. The molecule has 2 unspecified atom stereocenters. The van der Waals surface area contributed by atoms with Crippen LogP contribution in [0.15, 0.2) is 0 Å². The average Bonchev–Trinajstić information content (AvgIpc) is 2.09. The van der Waals surface area contributed by atoms with Gasteiger partial charge in [0.1, 0.15) is 0 Å². The Hall–Kier alpha value is 0.640. The van der Waals surface area contributed by atoms with Gasteiger partial charge in [-0.05, 0) is 11.7 Å². The van der Waals surface area contributed by atoms with Crippen LogP contribution in [0.5, 0.6) is 0 Å². The zero-order valence-electron chi connectivity index (χ0n) is 5.44. The van der Waals surface area contributed by atoms with Gasteiger partial charge in [0.25, 0.3) is 0 Å². The van der Waals surface area contributed by atoms with E-state index in [1.54, 1.807) is 0 Å². The van der Waals surface area contributed by atoms with E-state index in [4.69, 9.17) is 11.6 Å². The molecular formula is C6H11ClS. The summed E-state index contributed by atoms with van der Waals surface area (Å²) in [5.41, 5.74) is 0.404. The van der Waals surface area contributed by atoms with E-state index in [0.29, 0.717) is 16.0 Å². The van der Waals surface area contributed by atoms with Crippen LogP contribution in [0.1, 0.15) is 13.8 Å². The molecule has 0 aromatic heterocycles. The van der Waals surface area contributed by atoms with E-state index in [1.165, 1.54) is 0 Å². The second-order valence-corrected chi connectivity index (χ2v) is 4.33. The monoisotopic (exact) mass is 150 g/mol. The summed E-state index contributed by atoms with van der Waals surface area (Å²) in [5.74, 6) is 0. The molecule has 1 aliphatic rings. The highest BCUT2D eigenvalue weighted by Gasteiger charge is 2.56. The quantitative estimate of drug-likeness (QED) is 0.518. The van der Waals surface area contributed by atoms with Gasteiger partial charge in [0.05, 0.1) is 5.38 Å². The minimum atomic E-state index is 0.404. The highest BCUT2D eigenvalue weighted by molar-refractivity contribution is 7.99. The zero-order valence-corrected chi connectivity index (χ0v) is 7.01. The summed E-state index contributed by atoms with van der Waals surface area (Å²) in [4.78, 5) is 0. The van der Waals surface area contributed by atoms with Gasteiger partial charge in [0.15, 0.2) is 0 Å². The van der Waals surface area contributed by atoms with Gasteiger partial charge >= 0.3 is 0 Å². The molecule has 8 heavy (non-hydrogen) atoms. The van der Waals surface area contributed by atoms with Gasteiger partial charge in [0.2, 0.25) is 0 Å². The lowest BCUT2D eigenvalue weighted by Gasteiger charge is -1.95. The average molecular weight is 151 g/mol. The van der Waals surface area contributed by atoms with Crippen LogP contribution in [-0.4, -0.2) is 16.9 Å². The van der Waals surface area contributed by atoms with E-state index in [-0.39, 0.29) is 0 Å². The minimum Gasteiger partial charge on any atom is -0.160 e. The lowest BCUT2D eigenvalue weighted by molar-refractivity contribution is 0.660. The molecule has 48 valence electrons. The molecule has 0 bridgehead atoms. The van der Waals surface area contributed by atoms with Crippen molar-refractivity contribution in [2.75, 3.05) is 6.26 Å². The summed E-state index contributed by atoms with van der Waals surface area (Å²) in [5, 5.41) is 1.11. The highest BCUT2D eigenvalue weighted by Crippen LogP contribution is 2.55. The first kappa shape index (κ1) is 6.76. The van der Waals surface area contributed by atoms with Gasteiger partial charge in [-0.3, -0.25) is 0 Å². The molecule has 1 aliphatic carbocycles. The summed E-state index contributed by atoms with van der Waals surface area (Å²) < 4.78 is 0. The topological polar surface area (TPSA) is 0 Å². The van der Waals surface area contributed by atoms with E-state index in [1.807, 2.05) is 11.8 Å². The Balaban J connectivity index is 2.45. The first-order valence-electron chi connectivity index (χ1n) is 2.77. The number of halogens is 1. The maximum absolute atomic E-state index is 5.92. The van der Waals surface area contributed by atoms with Crippen molar-refractivity contribution < 1.29 is 0 Å². The highest BCUT2D eigenvalue weighted by atomic mass is 35.5. The van der Waals surface area contributed by atoms with E-state index in [0.717, 1.165) is 0 Å². The van der Waals surface area contributed by atoms with Crippen LogP contribution in [0.3, 0.4) is 0 Å². The van der Waals surface area contributed by atoms with E-state index >= 15 is 0 Å². The lowest BCUT2D eigenvalue weighted by atomic mass is 10.2. The molecule has 2 heteroatoms. The number of hydrogen-bond acceptors (Lipinski definition) is 1. The Kier molecular flexibility index (Phi) is 1.53. The third-order valence-corrected chi connectivity index (χ3v) is 4.21. The van der Waals surface area contributed by atoms with Gasteiger partial charge in [-0.25, -0.2) is 0 Å². The van der Waals surface area contributed by atoms with Crippen molar-refractivity contribution in [1.82, 2.24) is 0 Å². The zero-order chi connectivity index (χ0) is 6.36. The largest absolute Gasteiger partial charge is 0.160 e. The van der Waals surface area contributed by atoms with Crippen molar-refractivity contribution in [2.24, 2.45) is 5.41 Å². The third kappa shape index (κ3) is 0.763. The van der Waals surface area contributed by atoms with Crippen LogP contribution in [0.25, 0.3) is 0 Å². The molecular weight excluding hydrogens is 140 g/mol. The van der Waals surface area contributed by atoms with Crippen molar-refractivity contribution in [2.45, 2.75) is 24.5 Å². The Morgan fingerprint density at radius 3 is 1.88 bits per heavy atom. The first-order chi connectivity index (χ1) is 3.60. The second kappa shape index (κ2) is 1.81. The molecule has 0 spiro atoms. The molecule has 1 saturated carbocycles. The fraction of sp³-hybridized carbons (Fsp3) is 1.00. The van der Waals surface area contributed by atoms with Gasteiger partial charge in [-0.2, -0.15) is 11.8 Å². The fourth-order valence-corrected chi connectivity index (χ4v) is 2.99. The third-order valence-electron chi connectivity index (χ3n) is 1.85. The molecule has 0 aromatic rings. The van der Waals surface area contributed by atoms with Gasteiger partial charge in [-0.15, -0.1) is 11.6 Å². The number of alkyl halides is 1. The van der Waals surface area contributed by atoms with Crippen molar-refractivity contribution >= 4 is 23.4 Å². The van der Waals surface area contributed by atoms with Crippen LogP contribution >= 0.6 is 23.4 Å². The predicted octanol–water partition coefficient (Wildman–Crippen LogP) is 2.37. The van der Waals surface area contributed by atoms with Crippen molar-refractivity contribution in [3.05, 3.63) is 0 Å². The summed E-state index contributed by atoms with van der Waals surface area (Å²) in [6.07, 6.45) is 2.12. The molecule has 0 N–H and O–H groups in total. The molecule has 0 heterocycles. The molecule has 1 rings (SSSR count). The maximum Gasteiger partial charge on any atom is 0.0522 e. The normalized spacial score (nSPS) is 42.0. The Bertz CT molecular complexity index is 101. The molecule has 0 radical (unpaired) electrons. The second-order valence-electron chi connectivity index (χ2n) is 2.88.